The number of carbonyl (C=O) groups is 2. The van der Waals surface area contributed by atoms with Gasteiger partial charge in [-0.25, -0.2) is 0 Å². The van der Waals surface area contributed by atoms with Gasteiger partial charge < -0.3 is 19.5 Å². The number of amides is 1. The molecule has 3 rings (SSSR count). The molecule has 0 bridgehead atoms. The van der Waals surface area contributed by atoms with Gasteiger partial charge in [-0.15, -0.1) is 0 Å². The molecule has 0 spiro atoms. The highest BCUT2D eigenvalue weighted by Crippen LogP contribution is 2.40. The molecule has 2 heterocycles. The van der Waals surface area contributed by atoms with Crippen LogP contribution in [0.3, 0.4) is 0 Å². The summed E-state index contributed by atoms with van der Waals surface area (Å²) in [7, 11) is 3.01. The van der Waals surface area contributed by atoms with Crippen LogP contribution in [0.4, 0.5) is 0 Å². The second-order valence-electron chi connectivity index (χ2n) is 6.47. The Hall–Kier alpha value is -3.19. The zero-order valence-corrected chi connectivity index (χ0v) is 16.0. The molecule has 0 radical (unpaired) electrons. The highest BCUT2D eigenvalue weighted by atomic mass is 16.5. The molecule has 1 fully saturated rings. The first-order valence-corrected chi connectivity index (χ1v) is 8.81. The van der Waals surface area contributed by atoms with Crippen molar-refractivity contribution in [1.29, 1.82) is 0 Å². The molecule has 1 N–H and O–H groups in total. The summed E-state index contributed by atoms with van der Waals surface area (Å²) in [6.07, 6.45) is 3.16. The van der Waals surface area contributed by atoms with Crippen LogP contribution in [0.25, 0.3) is 5.76 Å². The Bertz CT molecular complexity index is 924. The quantitative estimate of drug-likeness (QED) is 0.469. The van der Waals surface area contributed by atoms with Crippen molar-refractivity contribution in [2.24, 2.45) is 0 Å². The maximum atomic E-state index is 12.9. The minimum Gasteiger partial charge on any atom is -0.507 e. The molecule has 1 aromatic heterocycles. The lowest BCUT2D eigenvalue weighted by Crippen LogP contribution is -2.32. The predicted molar refractivity (Wildman–Crippen MR) is 103 cm³/mol. The number of ketones is 1. The summed E-state index contributed by atoms with van der Waals surface area (Å²) in [5.74, 6) is -1.26. The molecule has 1 aliphatic rings. The average Bonchev–Trinajstić information content (AvgIpc) is 2.97. The predicted octanol–water partition coefficient (Wildman–Crippen LogP) is 2.47. The van der Waals surface area contributed by atoms with Crippen molar-refractivity contribution in [2.75, 3.05) is 27.4 Å². The van der Waals surface area contributed by atoms with Crippen LogP contribution in [0.5, 0.6) is 5.75 Å². The van der Waals surface area contributed by atoms with Crippen LogP contribution in [0.15, 0.2) is 48.3 Å². The van der Waals surface area contributed by atoms with Crippen molar-refractivity contribution < 1.29 is 24.2 Å². The van der Waals surface area contributed by atoms with E-state index >= 15 is 0 Å². The summed E-state index contributed by atoms with van der Waals surface area (Å²) in [5.41, 5.74) is 1.96. The van der Waals surface area contributed by atoms with Gasteiger partial charge in [0.05, 0.1) is 30.9 Å². The van der Waals surface area contributed by atoms with Gasteiger partial charge in [0.25, 0.3) is 11.7 Å². The third kappa shape index (κ3) is 3.48. The normalized spacial score (nSPS) is 18.5. The maximum Gasteiger partial charge on any atom is 0.295 e. The largest absolute Gasteiger partial charge is 0.507 e. The number of aryl methyl sites for hydroxylation is 1. The molecule has 2 aromatic rings. The van der Waals surface area contributed by atoms with E-state index in [0.717, 1.165) is 5.56 Å². The van der Waals surface area contributed by atoms with Gasteiger partial charge >= 0.3 is 0 Å². The van der Waals surface area contributed by atoms with E-state index in [9.17, 15) is 14.7 Å². The highest BCUT2D eigenvalue weighted by Gasteiger charge is 2.46. The molecule has 7 heteroatoms. The van der Waals surface area contributed by atoms with E-state index in [-0.39, 0.29) is 24.5 Å². The molecule has 1 saturated heterocycles. The molecule has 1 aliphatic heterocycles. The second-order valence-corrected chi connectivity index (χ2v) is 6.47. The minimum atomic E-state index is -0.737. The summed E-state index contributed by atoms with van der Waals surface area (Å²) < 4.78 is 10.4. The molecule has 1 amide bonds. The fourth-order valence-electron chi connectivity index (χ4n) is 3.34. The molecule has 7 nitrogen and oxygen atoms in total. The number of hydrogen-bond acceptors (Lipinski definition) is 6. The smallest absolute Gasteiger partial charge is 0.295 e. The van der Waals surface area contributed by atoms with Crippen molar-refractivity contribution in [3.05, 3.63) is 65.0 Å². The van der Waals surface area contributed by atoms with Gasteiger partial charge in [-0.1, -0.05) is 11.6 Å². The lowest BCUT2D eigenvalue weighted by molar-refractivity contribution is -0.140. The average molecular weight is 382 g/mol. The van der Waals surface area contributed by atoms with Crippen molar-refractivity contribution in [1.82, 2.24) is 9.88 Å². The van der Waals surface area contributed by atoms with E-state index < -0.39 is 17.7 Å². The Labute approximate surface area is 163 Å². The topological polar surface area (TPSA) is 89.0 Å². The number of aliphatic hydroxyl groups excluding tert-OH is 1. The van der Waals surface area contributed by atoms with E-state index in [1.54, 1.807) is 36.7 Å². The van der Waals surface area contributed by atoms with Crippen molar-refractivity contribution >= 4 is 17.4 Å². The Kier molecular flexibility index (Phi) is 5.75. The first-order chi connectivity index (χ1) is 13.5. The summed E-state index contributed by atoms with van der Waals surface area (Å²) in [6, 6.07) is 7.98. The number of Topliss-reactive ketones (excluding diaryl/α,β-unsaturated/α-hetero) is 1. The molecule has 1 aromatic carbocycles. The van der Waals surface area contributed by atoms with Crippen LogP contribution in [0.2, 0.25) is 0 Å². The number of ether oxygens (including phenoxy) is 2. The number of aromatic nitrogens is 1. The molecule has 0 aliphatic carbocycles. The summed E-state index contributed by atoms with van der Waals surface area (Å²) >= 11 is 0. The van der Waals surface area contributed by atoms with E-state index in [0.29, 0.717) is 16.9 Å². The van der Waals surface area contributed by atoms with Crippen LogP contribution in [-0.2, 0) is 14.3 Å². The summed E-state index contributed by atoms with van der Waals surface area (Å²) in [5, 5.41) is 11.1. The lowest BCUT2D eigenvalue weighted by atomic mass is 9.95. The Balaban J connectivity index is 2.21. The number of pyridine rings is 1. The standard InChI is InChI=1S/C21H22N2O5/c1-13-4-5-16(28-3)15(12-13)19(24)17-18(14-6-8-22-9-7-14)23(10-11-27-2)21(26)20(17)25/h4-9,12,18,24H,10-11H2,1-3H3/b19-17+. The zero-order chi connectivity index (χ0) is 20.3. The highest BCUT2D eigenvalue weighted by molar-refractivity contribution is 6.46. The van der Waals surface area contributed by atoms with Crippen LogP contribution < -0.4 is 4.74 Å². The summed E-state index contributed by atoms with van der Waals surface area (Å²) in [4.78, 5) is 31.0. The third-order valence-electron chi connectivity index (χ3n) is 4.71. The number of aliphatic hydroxyl groups is 1. The molecular formula is C21H22N2O5. The van der Waals surface area contributed by atoms with Crippen LogP contribution in [0, 0.1) is 6.92 Å². The van der Waals surface area contributed by atoms with E-state index in [1.807, 2.05) is 13.0 Å². The first-order valence-electron chi connectivity index (χ1n) is 8.81. The molecule has 28 heavy (non-hydrogen) atoms. The number of likely N-dealkylation sites (tertiary alicyclic amines) is 1. The SMILES string of the molecule is COCCN1C(=O)C(=O)/C(=C(/O)c2cc(C)ccc2OC)C1c1ccncc1. The lowest BCUT2D eigenvalue weighted by Gasteiger charge is -2.25. The molecule has 146 valence electrons. The molecule has 1 atom stereocenters. The van der Waals surface area contributed by atoms with Gasteiger partial charge in [0, 0.05) is 26.0 Å². The number of nitrogens with zero attached hydrogens (tertiary/aromatic N) is 2. The number of methoxy groups -OCH3 is 2. The van der Waals surface area contributed by atoms with Gasteiger partial charge in [-0.2, -0.15) is 0 Å². The maximum absolute atomic E-state index is 12.9. The van der Waals surface area contributed by atoms with E-state index in [4.69, 9.17) is 9.47 Å². The minimum absolute atomic E-state index is 0.0243. The second kappa shape index (κ2) is 8.22. The van der Waals surface area contributed by atoms with E-state index in [2.05, 4.69) is 4.98 Å². The van der Waals surface area contributed by atoms with Gasteiger partial charge in [0.1, 0.15) is 11.5 Å². The zero-order valence-electron chi connectivity index (χ0n) is 16.0. The van der Waals surface area contributed by atoms with Crippen LogP contribution >= 0.6 is 0 Å². The van der Waals surface area contributed by atoms with Gasteiger partial charge in [0.15, 0.2) is 0 Å². The van der Waals surface area contributed by atoms with Gasteiger partial charge in [-0.05, 0) is 36.8 Å². The molecule has 1 unspecified atom stereocenters. The first kappa shape index (κ1) is 19.6. The summed E-state index contributed by atoms with van der Waals surface area (Å²) in [6.45, 7) is 2.35. The molecular weight excluding hydrogens is 360 g/mol. The third-order valence-corrected chi connectivity index (χ3v) is 4.71. The Morgan fingerprint density at radius 3 is 2.54 bits per heavy atom. The number of hydrogen-bond donors (Lipinski definition) is 1. The number of benzene rings is 1. The van der Waals surface area contributed by atoms with Gasteiger partial charge in [0.2, 0.25) is 0 Å². The van der Waals surface area contributed by atoms with E-state index in [1.165, 1.54) is 19.1 Å². The monoisotopic (exact) mass is 382 g/mol. The van der Waals surface area contributed by atoms with Crippen LogP contribution in [0.1, 0.15) is 22.7 Å². The van der Waals surface area contributed by atoms with Crippen molar-refractivity contribution in [3.8, 4) is 5.75 Å². The Morgan fingerprint density at radius 1 is 1.18 bits per heavy atom. The van der Waals surface area contributed by atoms with Crippen LogP contribution in [-0.4, -0.2) is 54.1 Å². The van der Waals surface area contributed by atoms with Crippen molar-refractivity contribution in [2.45, 2.75) is 13.0 Å². The van der Waals surface area contributed by atoms with Crippen molar-refractivity contribution in [3.63, 3.8) is 0 Å². The molecule has 0 saturated carbocycles. The Morgan fingerprint density at radius 2 is 1.89 bits per heavy atom. The number of carbonyl (C=O) groups excluding carboxylic acids is 2. The number of rotatable bonds is 6. The fourth-order valence-corrected chi connectivity index (χ4v) is 3.34. The van der Waals surface area contributed by atoms with Gasteiger partial charge in [-0.3, -0.25) is 14.6 Å². The fraction of sp³-hybridized carbons (Fsp3) is 0.286.